The zero-order valence-corrected chi connectivity index (χ0v) is 11.1. The van der Waals surface area contributed by atoms with Gasteiger partial charge in [0, 0.05) is 18.6 Å². The summed E-state index contributed by atoms with van der Waals surface area (Å²) in [7, 11) is 2.09. The number of likely N-dealkylation sites (N-methyl/N-ethyl adjacent to an activating group) is 1. The van der Waals surface area contributed by atoms with Crippen LogP contribution in [0, 0.1) is 0 Å². The van der Waals surface area contributed by atoms with Crippen molar-refractivity contribution in [2.45, 2.75) is 43.9 Å². The van der Waals surface area contributed by atoms with E-state index in [2.05, 4.69) is 24.1 Å². The maximum Gasteiger partial charge on any atom is 0.0695 e. The summed E-state index contributed by atoms with van der Waals surface area (Å²) in [5.41, 5.74) is 7.17. The Morgan fingerprint density at radius 1 is 1.28 bits per heavy atom. The van der Waals surface area contributed by atoms with Crippen molar-refractivity contribution in [3.63, 3.8) is 0 Å². The molecule has 1 fully saturated rings. The second-order valence-electron chi connectivity index (χ2n) is 5.25. The third-order valence-electron chi connectivity index (χ3n) is 4.12. The van der Waals surface area contributed by atoms with Crippen LogP contribution < -0.4 is 5.73 Å². The van der Waals surface area contributed by atoms with Gasteiger partial charge in [-0.3, -0.25) is 4.90 Å². The lowest BCUT2D eigenvalue weighted by atomic mass is 9.90. The maximum absolute atomic E-state index is 10.1. The van der Waals surface area contributed by atoms with Gasteiger partial charge in [0.05, 0.1) is 6.10 Å². The predicted molar refractivity (Wildman–Crippen MR) is 74.3 cm³/mol. The summed E-state index contributed by atoms with van der Waals surface area (Å²) < 4.78 is 0. The molecule has 0 aliphatic heterocycles. The Kier molecular flexibility index (Phi) is 4.75. The van der Waals surface area contributed by atoms with E-state index >= 15 is 0 Å². The summed E-state index contributed by atoms with van der Waals surface area (Å²) >= 11 is 0. The SMILES string of the molecule is CN(C(CN)c1ccccc1)C1CCCCC1O. The molecule has 18 heavy (non-hydrogen) atoms. The first-order valence-corrected chi connectivity index (χ1v) is 6.89. The molecule has 0 aromatic heterocycles. The van der Waals surface area contributed by atoms with Gasteiger partial charge in [0.15, 0.2) is 0 Å². The fourth-order valence-electron chi connectivity index (χ4n) is 3.01. The second-order valence-corrected chi connectivity index (χ2v) is 5.25. The molecule has 100 valence electrons. The number of hydrogen-bond acceptors (Lipinski definition) is 3. The highest BCUT2D eigenvalue weighted by molar-refractivity contribution is 5.19. The summed E-state index contributed by atoms with van der Waals surface area (Å²) in [4.78, 5) is 2.26. The molecule has 0 amide bonds. The number of rotatable bonds is 4. The van der Waals surface area contributed by atoms with Crippen molar-refractivity contribution in [3.05, 3.63) is 35.9 Å². The molecule has 0 heterocycles. The van der Waals surface area contributed by atoms with E-state index in [1.54, 1.807) is 0 Å². The number of benzene rings is 1. The highest BCUT2D eigenvalue weighted by Crippen LogP contribution is 2.28. The van der Waals surface area contributed by atoms with Gasteiger partial charge in [0.25, 0.3) is 0 Å². The highest BCUT2D eigenvalue weighted by atomic mass is 16.3. The van der Waals surface area contributed by atoms with Crippen LogP contribution in [0.1, 0.15) is 37.3 Å². The molecule has 3 nitrogen and oxygen atoms in total. The first-order valence-electron chi connectivity index (χ1n) is 6.89. The highest BCUT2D eigenvalue weighted by Gasteiger charge is 2.30. The number of nitrogens with two attached hydrogens (primary N) is 1. The molecule has 3 N–H and O–H groups in total. The summed E-state index contributed by atoms with van der Waals surface area (Å²) in [6, 6.07) is 10.8. The third kappa shape index (κ3) is 2.91. The van der Waals surface area contributed by atoms with E-state index in [1.165, 1.54) is 12.0 Å². The molecular formula is C15H24N2O. The van der Waals surface area contributed by atoms with Crippen LogP contribution in [0.25, 0.3) is 0 Å². The molecule has 0 spiro atoms. The van der Waals surface area contributed by atoms with Crippen LogP contribution in [0.5, 0.6) is 0 Å². The summed E-state index contributed by atoms with van der Waals surface area (Å²) in [6.07, 6.45) is 4.13. The number of aliphatic hydroxyl groups excluding tert-OH is 1. The van der Waals surface area contributed by atoms with Crippen molar-refractivity contribution in [1.29, 1.82) is 0 Å². The molecule has 0 saturated heterocycles. The second kappa shape index (κ2) is 6.32. The summed E-state index contributed by atoms with van der Waals surface area (Å²) in [6.45, 7) is 0.587. The van der Waals surface area contributed by atoms with Crippen LogP contribution in [0.2, 0.25) is 0 Å². The molecule has 3 heteroatoms. The minimum Gasteiger partial charge on any atom is -0.391 e. The zero-order chi connectivity index (χ0) is 13.0. The van der Waals surface area contributed by atoms with Crippen LogP contribution >= 0.6 is 0 Å². The van der Waals surface area contributed by atoms with Gasteiger partial charge in [-0.25, -0.2) is 0 Å². The fraction of sp³-hybridized carbons (Fsp3) is 0.600. The van der Waals surface area contributed by atoms with E-state index in [1.807, 2.05) is 18.2 Å². The van der Waals surface area contributed by atoms with Crippen molar-refractivity contribution < 1.29 is 5.11 Å². The third-order valence-corrected chi connectivity index (χ3v) is 4.12. The largest absolute Gasteiger partial charge is 0.391 e. The smallest absolute Gasteiger partial charge is 0.0695 e. The van der Waals surface area contributed by atoms with Gasteiger partial charge in [-0.1, -0.05) is 43.2 Å². The monoisotopic (exact) mass is 248 g/mol. The Labute approximate surface area is 110 Å². The van der Waals surface area contributed by atoms with Gasteiger partial charge in [0.2, 0.25) is 0 Å². The lowest BCUT2D eigenvalue weighted by molar-refractivity contribution is 0.0137. The molecular weight excluding hydrogens is 224 g/mol. The zero-order valence-electron chi connectivity index (χ0n) is 11.1. The van der Waals surface area contributed by atoms with E-state index in [0.29, 0.717) is 6.54 Å². The standard InChI is InChI=1S/C15H24N2O/c1-17(13-9-5-6-10-15(13)18)14(11-16)12-7-3-2-4-8-12/h2-4,7-8,13-15,18H,5-6,9-11,16H2,1H3. The quantitative estimate of drug-likeness (QED) is 0.856. The summed E-state index contributed by atoms with van der Waals surface area (Å²) in [5.74, 6) is 0. The Hall–Kier alpha value is -0.900. The Balaban J connectivity index is 2.12. The van der Waals surface area contributed by atoms with Crippen molar-refractivity contribution in [2.24, 2.45) is 5.73 Å². The molecule has 1 aromatic carbocycles. The van der Waals surface area contributed by atoms with E-state index in [0.717, 1.165) is 19.3 Å². The van der Waals surface area contributed by atoms with Gasteiger partial charge >= 0.3 is 0 Å². The molecule has 3 unspecified atom stereocenters. The number of aliphatic hydroxyl groups is 1. The van der Waals surface area contributed by atoms with Crippen molar-refractivity contribution in [2.75, 3.05) is 13.6 Å². The van der Waals surface area contributed by atoms with E-state index in [9.17, 15) is 5.11 Å². The Morgan fingerprint density at radius 3 is 2.56 bits per heavy atom. The minimum absolute atomic E-state index is 0.198. The number of hydrogen-bond donors (Lipinski definition) is 2. The van der Waals surface area contributed by atoms with Crippen LogP contribution in [-0.4, -0.2) is 35.7 Å². The first-order chi connectivity index (χ1) is 8.74. The average molecular weight is 248 g/mol. The van der Waals surface area contributed by atoms with Gasteiger partial charge < -0.3 is 10.8 Å². The van der Waals surface area contributed by atoms with Gasteiger partial charge in [-0.15, -0.1) is 0 Å². The van der Waals surface area contributed by atoms with Crippen LogP contribution in [-0.2, 0) is 0 Å². The molecule has 2 rings (SSSR count). The fourth-order valence-corrected chi connectivity index (χ4v) is 3.01. The van der Waals surface area contributed by atoms with Crippen LogP contribution in [0.3, 0.4) is 0 Å². The lowest BCUT2D eigenvalue weighted by Gasteiger charge is -2.39. The lowest BCUT2D eigenvalue weighted by Crippen LogP contribution is -2.46. The predicted octanol–water partition coefficient (Wildman–Crippen LogP) is 1.92. The van der Waals surface area contributed by atoms with Crippen molar-refractivity contribution >= 4 is 0 Å². The molecule has 1 aliphatic rings. The van der Waals surface area contributed by atoms with Crippen LogP contribution in [0.15, 0.2) is 30.3 Å². The van der Waals surface area contributed by atoms with E-state index < -0.39 is 0 Å². The van der Waals surface area contributed by atoms with Crippen LogP contribution in [0.4, 0.5) is 0 Å². The molecule has 1 aromatic rings. The number of nitrogens with zero attached hydrogens (tertiary/aromatic N) is 1. The molecule has 1 saturated carbocycles. The van der Waals surface area contributed by atoms with Crippen molar-refractivity contribution in [1.82, 2.24) is 4.90 Å². The molecule has 0 radical (unpaired) electrons. The van der Waals surface area contributed by atoms with Gasteiger partial charge in [0.1, 0.15) is 0 Å². The topological polar surface area (TPSA) is 49.5 Å². The van der Waals surface area contributed by atoms with E-state index in [-0.39, 0.29) is 18.2 Å². The van der Waals surface area contributed by atoms with Crippen molar-refractivity contribution in [3.8, 4) is 0 Å². The molecule has 3 atom stereocenters. The average Bonchev–Trinajstić information content (AvgIpc) is 2.41. The maximum atomic E-state index is 10.1. The molecule has 1 aliphatic carbocycles. The normalized spacial score (nSPS) is 26.2. The van der Waals surface area contributed by atoms with Gasteiger partial charge in [-0.2, -0.15) is 0 Å². The summed E-state index contributed by atoms with van der Waals surface area (Å²) in [5, 5.41) is 10.1. The molecule has 0 bridgehead atoms. The van der Waals surface area contributed by atoms with E-state index in [4.69, 9.17) is 5.73 Å². The minimum atomic E-state index is -0.207. The van der Waals surface area contributed by atoms with Gasteiger partial charge in [-0.05, 0) is 25.5 Å². The Morgan fingerprint density at radius 2 is 1.94 bits per heavy atom. The first kappa shape index (κ1) is 13.5. The Bertz CT molecular complexity index is 355.